The molecule has 4 heteroatoms. The standard InChI is InChI=1S/C15H21N3O/c1-9(17)13(8-16)14(19)18-15-5-10-2-11(6-15)4-12(3-10)7-15/h10-12H,2-7,17H2,1H3,(H,18,19)/b13-9+. The maximum absolute atomic E-state index is 12.2. The summed E-state index contributed by atoms with van der Waals surface area (Å²) in [6, 6.07) is 1.93. The van der Waals surface area contributed by atoms with E-state index in [1.807, 2.05) is 6.07 Å². The first kappa shape index (κ1) is 12.5. The summed E-state index contributed by atoms with van der Waals surface area (Å²) in [5, 5.41) is 12.2. The summed E-state index contributed by atoms with van der Waals surface area (Å²) in [6.07, 6.45) is 7.29. The van der Waals surface area contributed by atoms with Gasteiger partial charge in [0.05, 0.1) is 0 Å². The molecule has 0 spiro atoms. The van der Waals surface area contributed by atoms with Gasteiger partial charge >= 0.3 is 0 Å². The van der Waals surface area contributed by atoms with E-state index < -0.39 is 0 Å². The average Bonchev–Trinajstić information content (AvgIpc) is 2.25. The van der Waals surface area contributed by atoms with Gasteiger partial charge in [0.25, 0.3) is 5.91 Å². The van der Waals surface area contributed by atoms with Crippen molar-refractivity contribution in [2.24, 2.45) is 23.5 Å². The van der Waals surface area contributed by atoms with Gasteiger partial charge in [-0.05, 0) is 63.2 Å². The molecule has 19 heavy (non-hydrogen) atoms. The van der Waals surface area contributed by atoms with Gasteiger partial charge in [-0.1, -0.05) is 0 Å². The number of nitrogens with two attached hydrogens (primary N) is 1. The summed E-state index contributed by atoms with van der Waals surface area (Å²) >= 11 is 0. The van der Waals surface area contributed by atoms with Crippen molar-refractivity contribution < 1.29 is 4.79 Å². The fourth-order valence-corrected chi connectivity index (χ4v) is 4.89. The molecule has 3 N–H and O–H groups in total. The molecule has 0 unspecified atom stereocenters. The van der Waals surface area contributed by atoms with Crippen molar-refractivity contribution in [1.29, 1.82) is 5.26 Å². The highest BCUT2D eigenvalue weighted by molar-refractivity contribution is 5.98. The largest absolute Gasteiger partial charge is 0.401 e. The van der Waals surface area contributed by atoms with E-state index in [-0.39, 0.29) is 17.0 Å². The van der Waals surface area contributed by atoms with Crippen LogP contribution in [0.25, 0.3) is 0 Å². The van der Waals surface area contributed by atoms with Crippen molar-refractivity contribution in [3.63, 3.8) is 0 Å². The Labute approximate surface area is 114 Å². The quantitative estimate of drug-likeness (QED) is 0.586. The van der Waals surface area contributed by atoms with Crippen LogP contribution in [0.4, 0.5) is 0 Å². The van der Waals surface area contributed by atoms with Gasteiger partial charge in [-0.2, -0.15) is 5.26 Å². The van der Waals surface area contributed by atoms with Crippen molar-refractivity contribution in [3.05, 3.63) is 11.3 Å². The molecule has 0 aromatic heterocycles. The van der Waals surface area contributed by atoms with E-state index in [9.17, 15) is 4.79 Å². The number of hydrogen-bond acceptors (Lipinski definition) is 3. The third-order valence-electron chi connectivity index (χ3n) is 5.15. The molecule has 0 radical (unpaired) electrons. The molecule has 0 heterocycles. The fraction of sp³-hybridized carbons (Fsp3) is 0.733. The summed E-state index contributed by atoms with van der Waals surface area (Å²) in [6.45, 7) is 1.61. The highest BCUT2D eigenvalue weighted by Gasteiger charge is 2.51. The summed E-state index contributed by atoms with van der Waals surface area (Å²) < 4.78 is 0. The molecule has 4 fully saturated rings. The maximum atomic E-state index is 12.2. The third kappa shape index (κ3) is 2.11. The number of rotatable bonds is 2. The van der Waals surface area contributed by atoms with Gasteiger partial charge in [-0.25, -0.2) is 0 Å². The minimum Gasteiger partial charge on any atom is -0.401 e. The minimum absolute atomic E-state index is 0.0522. The predicted octanol–water partition coefficient (Wildman–Crippen LogP) is 1.83. The van der Waals surface area contributed by atoms with Crippen molar-refractivity contribution in [2.75, 3.05) is 0 Å². The number of nitrogens with zero attached hydrogens (tertiary/aromatic N) is 1. The predicted molar refractivity (Wildman–Crippen MR) is 71.5 cm³/mol. The molecular formula is C15H21N3O. The Morgan fingerprint density at radius 3 is 2.05 bits per heavy atom. The van der Waals surface area contributed by atoms with Gasteiger partial charge in [-0.3, -0.25) is 4.79 Å². The lowest BCUT2D eigenvalue weighted by molar-refractivity contribution is -0.122. The Hall–Kier alpha value is -1.50. The number of nitrogens with one attached hydrogen (secondary N) is 1. The zero-order valence-electron chi connectivity index (χ0n) is 11.4. The zero-order valence-corrected chi connectivity index (χ0v) is 11.4. The van der Waals surface area contributed by atoms with Crippen LogP contribution in [0.1, 0.15) is 45.4 Å². The molecule has 102 valence electrons. The normalized spacial score (nSPS) is 40.5. The smallest absolute Gasteiger partial charge is 0.264 e. The van der Waals surface area contributed by atoms with Gasteiger partial charge in [0.2, 0.25) is 0 Å². The molecule has 0 atom stereocenters. The fourth-order valence-electron chi connectivity index (χ4n) is 4.89. The molecule has 4 rings (SSSR count). The maximum Gasteiger partial charge on any atom is 0.264 e. The molecule has 4 saturated carbocycles. The summed E-state index contributed by atoms with van der Waals surface area (Å²) in [5.41, 5.74) is 5.95. The Morgan fingerprint density at radius 2 is 1.68 bits per heavy atom. The number of carbonyl (C=O) groups is 1. The van der Waals surface area contributed by atoms with Crippen molar-refractivity contribution >= 4 is 5.91 Å². The second kappa shape index (κ2) is 4.26. The Bertz CT molecular complexity index is 447. The molecule has 4 aliphatic carbocycles. The van der Waals surface area contributed by atoms with Crippen LogP contribution in [-0.4, -0.2) is 11.4 Å². The van der Waals surface area contributed by atoms with E-state index in [2.05, 4.69) is 5.32 Å². The summed E-state index contributed by atoms with van der Waals surface area (Å²) in [5.74, 6) is 2.06. The van der Waals surface area contributed by atoms with Crippen molar-refractivity contribution in [3.8, 4) is 6.07 Å². The first-order valence-electron chi connectivity index (χ1n) is 7.20. The van der Waals surface area contributed by atoms with Gasteiger partial charge in [-0.15, -0.1) is 0 Å². The molecular weight excluding hydrogens is 238 g/mol. The molecule has 1 amide bonds. The summed E-state index contributed by atoms with van der Waals surface area (Å²) in [4.78, 5) is 12.2. The second-order valence-corrected chi connectivity index (χ2v) is 6.82. The molecule has 0 saturated heterocycles. The van der Waals surface area contributed by atoms with Crippen LogP contribution in [0.15, 0.2) is 11.3 Å². The molecule has 0 aromatic rings. The van der Waals surface area contributed by atoms with Crippen molar-refractivity contribution in [1.82, 2.24) is 5.32 Å². The Morgan fingerprint density at radius 1 is 1.21 bits per heavy atom. The van der Waals surface area contributed by atoms with Crippen LogP contribution in [0.5, 0.6) is 0 Å². The lowest BCUT2D eigenvalue weighted by Crippen LogP contribution is -2.60. The molecule has 4 nitrogen and oxygen atoms in total. The van der Waals surface area contributed by atoms with E-state index in [1.54, 1.807) is 6.92 Å². The lowest BCUT2D eigenvalue weighted by atomic mass is 9.53. The highest BCUT2D eigenvalue weighted by Crippen LogP contribution is 2.55. The second-order valence-electron chi connectivity index (χ2n) is 6.82. The van der Waals surface area contributed by atoms with Gasteiger partial charge < -0.3 is 11.1 Å². The van der Waals surface area contributed by atoms with Crippen LogP contribution >= 0.6 is 0 Å². The molecule has 4 aliphatic rings. The zero-order chi connectivity index (χ0) is 13.6. The van der Waals surface area contributed by atoms with E-state index in [0.717, 1.165) is 37.0 Å². The van der Waals surface area contributed by atoms with E-state index >= 15 is 0 Å². The average molecular weight is 259 g/mol. The van der Waals surface area contributed by atoms with Gasteiger partial charge in [0.1, 0.15) is 11.6 Å². The number of nitriles is 1. The number of carbonyl (C=O) groups excluding carboxylic acids is 1. The first-order chi connectivity index (χ1) is 9.01. The number of amides is 1. The monoisotopic (exact) mass is 259 g/mol. The van der Waals surface area contributed by atoms with E-state index in [4.69, 9.17) is 11.0 Å². The first-order valence-corrected chi connectivity index (χ1v) is 7.20. The molecule has 0 aliphatic heterocycles. The molecule has 0 aromatic carbocycles. The Kier molecular flexibility index (Phi) is 2.81. The topological polar surface area (TPSA) is 78.9 Å². The van der Waals surface area contributed by atoms with Crippen LogP contribution in [-0.2, 0) is 4.79 Å². The SMILES string of the molecule is C/C(N)=C(/C#N)C(=O)NC12CC3CC(CC(C3)C1)C2. The van der Waals surface area contributed by atoms with Crippen LogP contribution in [0.2, 0.25) is 0 Å². The summed E-state index contributed by atoms with van der Waals surface area (Å²) in [7, 11) is 0. The third-order valence-corrected chi connectivity index (χ3v) is 5.15. The van der Waals surface area contributed by atoms with Crippen molar-refractivity contribution in [2.45, 2.75) is 51.0 Å². The lowest BCUT2D eigenvalue weighted by Gasteiger charge is -2.56. The van der Waals surface area contributed by atoms with Crippen LogP contribution in [0, 0.1) is 29.1 Å². The van der Waals surface area contributed by atoms with Crippen LogP contribution in [0.3, 0.4) is 0 Å². The van der Waals surface area contributed by atoms with Crippen LogP contribution < -0.4 is 11.1 Å². The Balaban J connectivity index is 1.79. The molecule has 4 bridgehead atoms. The number of allylic oxidation sites excluding steroid dienone is 1. The van der Waals surface area contributed by atoms with E-state index in [0.29, 0.717) is 5.70 Å². The van der Waals surface area contributed by atoms with Gasteiger partial charge in [0.15, 0.2) is 0 Å². The van der Waals surface area contributed by atoms with Gasteiger partial charge in [0, 0.05) is 11.2 Å². The highest BCUT2D eigenvalue weighted by atomic mass is 16.1. The number of hydrogen-bond donors (Lipinski definition) is 2. The van der Waals surface area contributed by atoms with E-state index in [1.165, 1.54) is 19.3 Å². The minimum atomic E-state index is -0.274.